The Kier molecular flexibility index (Phi) is 25.6. The second-order valence-corrected chi connectivity index (χ2v) is 10.2. The maximum Gasteiger partial charge on any atom is 0.219 e. The van der Waals surface area contributed by atoms with Crippen LogP contribution in [0.3, 0.4) is 0 Å². The van der Waals surface area contributed by atoms with Crippen LogP contribution in [0.1, 0.15) is 142 Å². The second kappa shape index (κ2) is 26.5. The molecule has 0 bridgehead atoms. The highest BCUT2D eigenvalue weighted by atomic mass is 16.2. The summed E-state index contributed by atoms with van der Waals surface area (Å²) in [5.74, 6) is 0.441. The van der Waals surface area contributed by atoms with Gasteiger partial charge in [-0.25, -0.2) is 0 Å². The summed E-state index contributed by atoms with van der Waals surface area (Å²) in [7, 11) is 2.18. The largest absolute Gasteiger partial charge is 0.356 e. The molecule has 0 aliphatic rings. The Morgan fingerprint density at radius 3 is 1.26 bits per heavy atom. The van der Waals surface area contributed by atoms with Gasteiger partial charge in [-0.15, -0.1) is 0 Å². The number of hydrogen-bond acceptors (Lipinski definition) is 3. The van der Waals surface area contributed by atoms with Crippen molar-refractivity contribution in [1.29, 1.82) is 0 Å². The monoisotopic (exact) mass is 481 g/mol. The molecule has 34 heavy (non-hydrogen) atoms. The Bertz CT molecular complexity index is 417. The highest BCUT2D eigenvalue weighted by Crippen LogP contribution is 2.07. The molecule has 0 rings (SSSR count). The summed E-state index contributed by atoms with van der Waals surface area (Å²) in [4.78, 5) is 26.2. The van der Waals surface area contributed by atoms with E-state index in [1.807, 2.05) is 0 Å². The Hall–Kier alpha value is -1.10. The summed E-state index contributed by atoms with van der Waals surface area (Å²) >= 11 is 0. The van der Waals surface area contributed by atoms with Gasteiger partial charge >= 0.3 is 0 Å². The first-order valence-electron chi connectivity index (χ1n) is 14.8. The molecule has 5 heteroatoms. The molecule has 0 aromatic rings. The lowest BCUT2D eigenvalue weighted by Crippen LogP contribution is -2.24. The Morgan fingerprint density at radius 1 is 0.500 bits per heavy atom. The first kappa shape index (κ1) is 32.9. The molecule has 0 spiro atoms. The van der Waals surface area contributed by atoms with Crippen molar-refractivity contribution < 1.29 is 9.59 Å². The van der Waals surface area contributed by atoms with E-state index in [-0.39, 0.29) is 11.8 Å². The zero-order chi connectivity index (χ0) is 25.1. The van der Waals surface area contributed by atoms with Gasteiger partial charge in [-0.05, 0) is 58.7 Å². The Morgan fingerprint density at radius 2 is 0.853 bits per heavy atom. The van der Waals surface area contributed by atoms with Crippen molar-refractivity contribution in [2.24, 2.45) is 0 Å². The minimum atomic E-state index is 0.220. The molecule has 0 aliphatic heterocycles. The highest BCUT2D eigenvalue weighted by Gasteiger charge is 2.04. The van der Waals surface area contributed by atoms with Gasteiger partial charge in [-0.3, -0.25) is 9.59 Å². The molecule has 0 fully saturated rings. The summed E-state index contributed by atoms with van der Waals surface area (Å²) < 4.78 is 0. The van der Waals surface area contributed by atoms with Crippen LogP contribution in [-0.4, -0.2) is 49.9 Å². The van der Waals surface area contributed by atoms with Crippen LogP contribution in [0.15, 0.2) is 0 Å². The molecule has 0 heterocycles. The first-order valence-corrected chi connectivity index (χ1v) is 14.8. The van der Waals surface area contributed by atoms with Crippen molar-refractivity contribution in [2.75, 3.05) is 33.2 Å². The SMILES string of the molecule is CCCCCCCCNC(=O)CCCCCN(C)CCCCCC(=O)NCCCCCCCC. The van der Waals surface area contributed by atoms with Gasteiger partial charge in [0.1, 0.15) is 0 Å². The number of nitrogens with one attached hydrogen (secondary N) is 2. The summed E-state index contributed by atoms with van der Waals surface area (Å²) in [5.41, 5.74) is 0. The third-order valence-corrected chi connectivity index (χ3v) is 6.59. The van der Waals surface area contributed by atoms with Crippen LogP contribution in [0.2, 0.25) is 0 Å². The molecule has 2 N–H and O–H groups in total. The smallest absolute Gasteiger partial charge is 0.219 e. The van der Waals surface area contributed by atoms with Crippen LogP contribution >= 0.6 is 0 Å². The number of hydrogen-bond donors (Lipinski definition) is 2. The van der Waals surface area contributed by atoms with E-state index < -0.39 is 0 Å². The number of unbranched alkanes of at least 4 members (excludes halogenated alkanes) is 14. The first-order chi connectivity index (χ1) is 16.6. The van der Waals surface area contributed by atoms with Gasteiger partial charge in [0.05, 0.1) is 0 Å². The summed E-state index contributed by atoms with van der Waals surface area (Å²) in [5, 5.41) is 6.13. The number of carbonyl (C=O) groups excluding carboxylic acids is 2. The molecule has 0 saturated carbocycles. The van der Waals surface area contributed by atoms with E-state index in [2.05, 4.69) is 36.4 Å². The minimum Gasteiger partial charge on any atom is -0.356 e. The Labute approximate surface area is 212 Å². The van der Waals surface area contributed by atoms with Crippen molar-refractivity contribution in [3.8, 4) is 0 Å². The molecule has 0 radical (unpaired) electrons. The molecular formula is C29H59N3O2. The van der Waals surface area contributed by atoms with Crippen LogP contribution in [0.25, 0.3) is 0 Å². The van der Waals surface area contributed by atoms with E-state index >= 15 is 0 Å². The fraction of sp³-hybridized carbons (Fsp3) is 0.931. The van der Waals surface area contributed by atoms with E-state index in [0.29, 0.717) is 12.8 Å². The van der Waals surface area contributed by atoms with E-state index in [4.69, 9.17) is 0 Å². The molecule has 0 saturated heterocycles. The van der Waals surface area contributed by atoms with Crippen molar-refractivity contribution in [2.45, 2.75) is 142 Å². The predicted molar refractivity (Wildman–Crippen MR) is 147 cm³/mol. The maximum absolute atomic E-state index is 11.9. The maximum atomic E-state index is 11.9. The summed E-state index contributed by atoms with van der Waals surface area (Å²) in [6.45, 7) is 8.35. The number of nitrogens with zero attached hydrogens (tertiary/aromatic N) is 1. The fourth-order valence-corrected chi connectivity index (χ4v) is 4.24. The van der Waals surface area contributed by atoms with E-state index in [1.165, 1.54) is 64.2 Å². The van der Waals surface area contributed by atoms with Crippen molar-refractivity contribution in [3.63, 3.8) is 0 Å². The molecular weight excluding hydrogens is 422 g/mol. The molecule has 5 nitrogen and oxygen atoms in total. The molecule has 2 amide bonds. The zero-order valence-corrected chi connectivity index (χ0v) is 23.2. The van der Waals surface area contributed by atoms with Gasteiger partial charge in [-0.1, -0.05) is 90.9 Å². The van der Waals surface area contributed by atoms with Gasteiger partial charge in [0.2, 0.25) is 11.8 Å². The van der Waals surface area contributed by atoms with Crippen LogP contribution in [-0.2, 0) is 9.59 Å². The number of amides is 2. The van der Waals surface area contributed by atoms with Crippen molar-refractivity contribution in [1.82, 2.24) is 15.5 Å². The molecule has 0 aromatic heterocycles. The van der Waals surface area contributed by atoms with Crippen molar-refractivity contribution in [3.05, 3.63) is 0 Å². The normalized spacial score (nSPS) is 11.2. The average Bonchev–Trinajstić information content (AvgIpc) is 2.82. The third-order valence-electron chi connectivity index (χ3n) is 6.59. The van der Waals surface area contributed by atoms with Crippen LogP contribution < -0.4 is 10.6 Å². The van der Waals surface area contributed by atoms with E-state index in [9.17, 15) is 9.59 Å². The summed E-state index contributed by atoms with van der Waals surface area (Å²) in [6.07, 6.45) is 23.0. The van der Waals surface area contributed by atoms with Gasteiger partial charge < -0.3 is 15.5 Å². The number of rotatable bonds is 26. The lowest BCUT2D eigenvalue weighted by molar-refractivity contribution is -0.122. The van der Waals surface area contributed by atoms with Crippen LogP contribution in [0, 0.1) is 0 Å². The van der Waals surface area contributed by atoms with Crippen LogP contribution in [0.4, 0.5) is 0 Å². The highest BCUT2D eigenvalue weighted by molar-refractivity contribution is 5.76. The molecule has 202 valence electrons. The fourth-order valence-electron chi connectivity index (χ4n) is 4.24. The Balaban J connectivity index is 3.37. The van der Waals surface area contributed by atoms with Gasteiger partial charge in [0.25, 0.3) is 0 Å². The molecule has 0 unspecified atom stereocenters. The molecule has 0 aliphatic carbocycles. The quantitative estimate of drug-likeness (QED) is 0.131. The minimum absolute atomic E-state index is 0.220. The van der Waals surface area contributed by atoms with Crippen LogP contribution in [0.5, 0.6) is 0 Å². The zero-order valence-electron chi connectivity index (χ0n) is 23.2. The molecule has 0 atom stereocenters. The van der Waals surface area contributed by atoms with Crippen molar-refractivity contribution >= 4 is 11.8 Å². The summed E-state index contributed by atoms with van der Waals surface area (Å²) in [6, 6.07) is 0. The average molecular weight is 482 g/mol. The van der Waals surface area contributed by atoms with E-state index in [1.54, 1.807) is 0 Å². The topological polar surface area (TPSA) is 61.4 Å². The number of carbonyl (C=O) groups is 2. The van der Waals surface area contributed by atoms with Gasteiger partial charge in [0, 0.05) is 25.9 Å². The third kappa shape index (κ3) is 25.5. The predicted octanol–water partition coefficient (Wildman–Crippen LogP) is 6.99. The standard InChI is InChI=1S/C29H59N3O2/c1-4-6-8-10-12-18-24-30-28(33)22-16-14-20-26-32(3)27-21-15-17-23-29(34)31-25-19-13-11-9-7-5-2/h4-27H2,1-3H3,(H,30,33)(H,31,34). The second-order valence-electron chi connectivity index (χ2n) is 10.2. The lowest BCUT2D eigenvalue weighted by Gasteiger charge is -2.16. The van der Waals surface area contributed by atoms with Gasteiger partial charge in [-0.2, -0.15) is 0 Å². The van der Waals surface area contributed by atoms with E-state index in [0.717, 1.165) is 77.5 Å². The molecule has 0 aromatic carbocycles. The lowest BCUT2D eigenvalue weighted by atomic mass is 10.1. The van der Waals surface area contributed by atoms with Gasteiger partial charge in [0.15, 0.2) is 0 Å².